The fourth-order valence-corrected chi connectivity index (χ4v) is 4.27. The zero-order valence-electron chi connectivity index (χ0n) is 14.0. The van der Waals surface area contributed by atoms with Gasteiger partial charge in [0.25, 0.3) is 0 Å². The SMILES string of the molecule is Cn1ccnc1C(O)C1CCN(CCCC2CCCC2)CC1. The van der Waals surface area contributed by atoms with Gasteiger partial charge in [0, 0.05) is 19.4 Å². The molecule has 22 heavy (non-hydrogen) atoms. The molecule has 0 aromatic carbocycles. The van der Waals surface area contributed by atoms with E-state index in [9.17, 15) is 5.11 Å². The van der Waals surface area contributed by atoms with Crippen molar-refractivity contribution in [3.8, 4) is 0 Å². The van der Waals surface area contributed by atoms with Crippen molar-refractivity contribution in [3.63, 3.8) is 0 Å². The summed E-state index contributed by atoms with van der Waals surface area (Å²) in [6.45, 7) is 3.52. The molecule has 1 aliphatic heterocycles. The van der Waals surface area contributed by atoms with E-state index in [1.165, 1.54) is 45.1 Å². The van der Waals surface area contributed by atoms with Crippen LogP contribution in [0.2, 0.25) is 0 Å². The molecule has 0 bridgehead atoms. The Kier molecular flexibility index (Phi) is 5.53. The first-order valence-corrected chi connectivity index (χ1v) is 9.11. The number of hydrogen-bond donors (Lipinski definition) is 1. The van der Waals surface area contributed by atoms with Gasteiger partial charge in [0.1, 0.15) is 11.9 Å². The fourth-order valence-electron chi connectivity index (χ4n) is 4.27. The normalized spacial score (nSPS) is 23.2. The number of piperidine rings is 1. The van der Waals surface area contributed by atoms with E-state index in [0.717, 1.165) is 37.7 Å². The van der Waals surface area contributed by atoms with Crippen LogP contribution in [0.5, 0.6) is 0 Å². The van der Waals surface area contributed by atoms with Gasteiger partial charge in [0.05, 0.1) is 0 Å². The van der Waals surface area contributed by atoms with Crippen LogP contribution >= 0.6 is 0 Å². The molecule has 1 N–H and O–H groups in total. The smallest absolute Gasteiger partial charge is 0.137 e. The molecule has 2 heterocycles. The van der Waals surface area contributed by atoms with Crippen molar-refractivity contribution in [2.24, 2.45) is 18.9 Å². The van der Waals surface area contributed by atoms with Gasteiger partial charge in [-0.2, -0.15) is 0 Å². The minimum atomic E-state index is -0.402. The van der Waals surface area contributed by atoms with E-state index in [-0.39, 0.29) is 0 Å². The third kappa shape index (κ3) is 3.90. The Morgan fingerprint density at radius 3 is 2.59 bits per heavy atom. The van der Waals surface area contributed by atoms with Crippen molar-refractivity contribution in [1.29, 1.82) is 0 Å². The predicted octanol–water partition coefficient (Wildman–Crippen LogP) is 3.14. The molecule has 1 aromatic heterocycles. The lowest BCUT2D eigenvalue weighted by Gasteiger charge is -2.34. The molecule has 4 nitrogen and oxygen atoms in total. The number of aryl methyl sites for hydroxylation is 1. The number of nitrogens with zero attached hydrogens (tertiary/aromatic N) is 3. The first-order chi connectivity index (χ1) is 10.7. The molecule has 4 heteroatoms. The Morgan fingerprint density at radius 1 is 1.23 bits per heavy atom. The first kappa shape index (κ1) is 16.0. The third-order valence-corrected chi connectivity index (χ3v) is 5.76. The van der Waals surface area contributed by atoms with Gasteiger partial charge >= 0.3 is 0 Å². The zero-order valence-corrected chi connectivity index (χ0v) is 14.0. The monoisotopic (exact) mass is 305 g/mol. The summed E-state index contributed by atoms with van der Waals surface area (Å²) >= 11 is 0. The molecule has 2 aliphatic rings. The van der Waals surface area contributed by atoms with Gasteiger partial charge in [-0.3, -0.25) is 0 Å². The Morgan fingerprint density at radius 2 is 1.95 bits per heavy atom. The highest BCUT2D eigenvalue weighted by atomic mass is 16.3. The number of aromatic nitrogens is 2. The van der Waals surface area contributed by atoms with Gasteiger partial charge < -0.3 is 14.6 Å². The second-order valence-corrected chi connectivity index (χ2v) is 7.31. The van der Waals surface area contributed by atoms with Crippen LogP contribution in [0.25, 0.3) is 0 Å². The lowest BCUT2D eigenvalue weighted by atomic mass is 9.90. The number of hydrogen-bond acceptors (Lipinski definition) is 3. The topological polar surface area (TPSA) is 41.3 Å². The van der Waals surface area contributed by atoms with Crippen LogP contribution in [-0.2, 0) is 7.05 Å². The van der Waals surface area contributed by atoms with Crippen LogP contribution in [0.15, 0.2) is 12.4 Å². The molecule has 2 fully saturated rings. The van der Waals surface area contributed by atoms with Crippen molar-refractivity contribution in [1.82, 2.24) is 14.5 Å². The summed E-state index contributed by atoms with van der Waals surface area (Å²) in [6.07, 6.45) is 14.1. The summed E-state index contributed by atoms with van der Waals surface area (Å²) in [6, 6.07) is 0. The highest BCUT2D eigenvalue weighted by molar-refractivity contribution is 4.98. The standard InChI is InChI=1S/C18H31N3O/c1-20-14-10-19-18(20)17(22)16-8-12-21(13-9-16)11-4-7-15-5-2-3-6-15/h10,14-17,22H,2-9,11-13H2,1H3. The van der Waals surface area contributed by atoms with Crippen LogP contribution in [0.1, 0.15) is 63.3 Å². The highest BCUT2D eigenvalue weighted by Crippen LogP contribution is 2.31. The molecule has 0 spiro atoms. The van der Waals surface area contributed by atoms with E-state index in [1.807, 2.05) is 17.8 Å². The van der Waals surface area contributed by atoms with Crippen LogP contribution in [0, 0.1) is 11.8 Å². The van der Waals surface area contributed by atoms with Crippen molar-refractivity contribution in [2.75, 3.05) is 19.6 Å². The number of aliphatic hydroxyl groups is 1. The van der Waals surface area contributed by atoms with Crippen LogP contribution in [-0.4, -0.2) is 39.2 Å². The van der Waals surface area contributed by atoms with Gasteiger partial charge in [-0.05, 0) is 57.2 Å². The Balaban J connectivity index is 1.37. The Bertz CT molecular complexity index is 445. The molecular weight excluding hydrogens is 274 g/mol. The summed E-state index contributed by atoms with van der Waals surface area (Å²) in [5.41, 5.74) is 0. The predicted molar refractivity (Wildman–Crippen MR) is 88.5 cm³/mol. The molecule has 0 amide bonds. The number of imidazole rings is 1. The van der Waals surface area contributed by atoms with E-state index in [4.69, 9.17) is 0 Å². The Hall–Kier alpha value is -0.870. The van der Waals surface area contributed by atoms with E-state index < -0.39 is 6.10 Å². The highest BCUT2D eigenvalue weighted by Gasteiger charge is 2.28. The van der Waals surface area contributed by atoms with Crippen LogP contribution < -0.4 is 0 Å². The van der Waals surface area contributed by atoms with Crippen LogP contribution in [0.4, 0.5) is 0 Å². The number of likely N-dealkylation sites (tertiary alicyclic amines) is 1. The lowest BCUT2D eigenvalue weighted by molar-refractivity contribution is 0.0505. The largest absolute Gasteiger partial charge is 0.385 e. The van der Waals surface area contributed by atoms with Crippen molar-refractivity contribution in [2.45, 2.75) is 57.5 Å². The van der Waals surface area contributed by atoms with Gasteiger partial charge in [-0.1, -0.05) is 25.7 Å². The summed E-state index contributed by atoms with van der Waals surface area (Å²) in [5.74, 6) is 2.20. The number of rotatable bonds is 6. The minimum Gasteiger partial charge on any atom is -0.385 e. The molecule has 1 saturated carbocycles. The summed E-state index contributed by atoms with van der Waals surface area (Å²) < 4.78 is 1.94. The zero-order chi connectivity index (χ0) is 15.4. The molecule has 1 saturated heterocycles. The third-order valence-electron chi connectivity index (χ3n) is 5.76. The van der Waals surface area contributed by atoms with Crippen LogP contribution in [0.3, 0.4) is 0 Å². The molecule has 3 rings (SSSR count). The van der Waals surface area contributed by atoms with Gasteiger partial charge in [0.2, 0.25) is 0 Å². The second-order valence-electron chi connectivity index (χ2n) is 7.31. The summed E-state index contributed by atoms with van der Waals surface area (Å²) in [5, 5.41) is 10.5. The average Bonchev–Trinajstić information content (AvgIpc) is 3.19. The maximum absolute atomic E-state index is 10.5. The lowest BCUT2D eigenvalue weighted by Crippen LogP contribution is -2.36. The summed E-state index contributed by atoms with van der Waals surface area (Å²) in [4.78, 5) is 6.90. The van der Waals surface area contributed by atoms with Crippen molar-refractivity contribution < 1.29 is 5.11 Å². The van der Waals surface area contributed by atoms with E-state index in [2.05, 4.69) is 9.88 Å². The molecule has 124 valence electrons. The maximum atomic E-state index is 10.5. The quantitative estimate of drug-likeness (QED) is 0.878. The fraction of sp³-hybridized carbons (Fsp3) is 0.833. The molecule has 1 aromatic rings. The van der Waals surface area contributed by atoms with Crippen molar-refractivity contribution in [3.05, 3.63) is 18.2 Å². The van der Waals surface area contributed by atoms with Crippen molar-refractivity contribution >= 4 is 0 Å². The van der Waals surface area contributed by atoms with E-state index in [1.54, 1.807) is 6.20 Å². The minimum absolute atomic E-state index is 0.368. The number of aliphatic hydroxyl groups excluding tert-OH is 1. The summed E-state index contributed by atoms with van der Waals surface area (Å²) in [7, 11) is 1.96. The first-order valence-electron chi connectivity index (χ1n) is 9.11. The maximum Gasteiger partial charge on any atom is 0.137 e. The average molecular weight is 305 g/mol. The van der Waals surface area contributed by atoms with Gasteiger partial charge in [0.15, 0.2) is 0 Å². The second kappa shape index (κ2) is 7.60. The van der Waals surface area contributed by atoms with E-state index >= 15 is 0 Å². The van der Waals surface area contributed by atoms with Gasteiger partial charge in [-0.25, -0.2) is 4.98 Å². The molecule has 1 atom stereocenters. The molecule has 0 radical (unpaired) electrons. The Labute approximate surface area is 134 Å². The molecule has 1 unspecified atom stereocenters. The van der Waals surface area contributed by atoms with E-state index in [0.29, 0.717) is 5.92 Å². The molecule has 1 aliphatic carbocycles. The van der Waals surface area contributed by atoms with Gasteiger partial charge in [-0.15, -0.1) is 0 Å². The molecular formula is C18H31N3O.